The van der Waals surface area contributed by atoms with Crippen molar-refractivity contribution in [3.63, 3.8) is 0 Å². The van der Waals surface area contributed by atoms with Crippen LogP contribution in [0.3, 0.4) is 0 Å². The third kappa shape index (κ3) is 2.49. The fourth-order valence-corrected chi connectivity index (χ4v) is 1.59. The molecule has 4 N–H and O–H groups in total. The number of hydrogen-bond acceptors (Lipinski definition) is 5. The van der Waals surface area contributed by atoms with Crippen LogP contribution in [0.4, 0.5) is 15.9 Å². The van der Waals surface area contributed by atoms with E-state index in [2.05, 4.69) is 10.2 Å². The van der Waals surface area contributed by atoms with E-state index in [0.29, 0.717) is 5.56 Å². The molecule has 18 heavy (non-hydrogen) atoms. The quantitative estimate of drug-likeness (QED) is 0.654. The molecule has 0 fully saturated rings. The van der Waals surface area contributed by atoms with Gasteiger partial charge in [-0.25, -0.2) is 10.2 Å². The maximum atomic E-state index is 13.5. The monoisotopic (exact) mass is 267 g/mol. The van der Waals surface area contributed by atoms with Crippen LogP contribution < -0.4 is 16.6 Å². The zero-order chi connectivity index (χ0) is 13.1. The molecule has 0 spiro atoms. The van der Waals surface area contributed by atoms with Crippen LogP contribution in [0.25, 0.3) is 0 Å². The fraction of sp³-hybridized carbons (Fsp3) is 0.0909. The van der Waals surface area contributed by atoms with E-state index in [1.54, 1.807) is 18.2 Å². The average Bonchev–Trinajstić information content (AvgIpc) is 2.35. The van der Waals surface area contributed by atoms with Gasteiger partial charge in [0, 0.05) is 5.56 Å². The molecule has 0 aliphatic carbocycles. The summed E-state index contributed by atoms with van der Waals surface area (Å²) >= 11 is 5.81. The number of nitrogens with two attached hydrogens (primary N) is 2. The Kier molecular flexibility index (Phi) is 3.59. The molecule has 1 heterocycles. The Morgan fingerprint density at radius 1 is 1.33 bits per heavy atom. The van der Waals surface area contributed by atoms with E-state index in [-0.39, 0.29) is 28.9 Å². The van der Waals surface area contributed by atoms with E-state index >= 15 is 0 Å². The Labute approximate surface area is 108 Å². The molecule has 0 bridgehead atoms. The minimum Gasteiger partial charge on any atom is -0.394 e. The number of benzene rings is 1. The molecule has 0 aliphatic rings. The lowest BCUT2D eigenvalue weighted by molar-refractivity contribution is 0.604. The third-order valence-corrected chi connectivity index (χ3v) is 2.69. The van der Waals surface area contributed by atoms with Crippen molar-refractivity contribution in [2.75, 3.05) is 10.7 Å². The summed E-state index contributed by atoms with van der Waals surface area (Å²) in [5, 5.41) is 8.89. The van der Waals surface area contributed by atoms with Gasteiger partial charge < -0.3 is 5.73 Å². The lowest BCUT2D eigenvalue weighted by atomic mass is 10.2. The smallest absolute Gasteiger partial charge is 0.190 e. The molecule has 0 amide bonds. The molecule has 2 aromatic rings. The highest BCUT2D eigenvalue weighted by Gasteiger charge is 2.13. The molecule has 0 saturated heterocycles. The lowest BCUT2D eigenvalue weighted by Gasteiger charge is -2.19. The van der Waals surface area contributed by atoms with Crippen molar-refractivity contribution in [1.29, 1.82) is 0 Å². The summed E-state index contributed by atoms with van der Waals surface area (Å²) in [7, 11) is 0. The molecule has 0 aliphatic heterocycles. The van der Waals surface area contributed by atoms with Crippen molar-refractivity contribution in [3.8, 4) is 0 Å². The average molecular weight is 268 g/mol. The summed E-state index contributed by atoms with van der Waals surface area (Å²) in [5.74, 6) is 5.66. The van der Waals surface area contributed by atoms with Crippen LogP contribution in [-0.2, 0) is 6.54 Å². The van der Waals surface area contributed by atoms with Crippen molar-refractivity contribution in [3.05, 3.63) is 46.9 Å². The minimum absolute atomic E-state index is 0.117. The third-order valence-electron chi connectivity index (χ3n) is 2.39. The zero-order valence-corrected chi connectivity index (χ0v) is 10.1. The predicted octanol–water partition coefficient (Wildman–Crippen LogP) is 1.73. The summed E-state index contributed by atoms with van der Waals surface area (Å²) < 4.78 is 13.5. The maximum absolute atomic E-state index is 13.5. The Morgan fingerprint density at radius 3 is 2.78 bits per heavy atom. The van der Waals surface area contributed by atoms with Gasteiger partial charge in [-0.05, 0) is 6.07 Å². The number of anilines is 2. The molecule has 0 atom stereocenters. The van der Waals surface area contributed by atoms with Crippen molar-refractivity contribution >= 4 is 23.1 Å². The first-order valence-corrected chi connectivity index (χ1v) is 5.49. The van der Waals surface area contributed by atoms with Crippen LogP contribution in [-0.4, -0.2) is 10.2 Å². The molecule has 0 saturated carbocycles. The fourth-order valence-electron chi connectivity index (χ4n) is 1.46. The van der Waals surface area contributed by atoms with Crippen LogP contribution in [0.2, 0.25) is 5.02 Å². The number of nitrogen functional groups attached to an aromatic ring is 1. The summed E-state index contributed by atoms with van der Waals surface area (Å²) in [6.07, 6.45) is 1.32. The summed E-state index contributed by atoms with van der Waals surface area (Å²) in [6.45, 7) is 0.117. The van der Waals surface area contributed by atoms with Gasteiger partial charge in [0.15, 0.2) is 5.82 Å². The SMILES string of the molecule is Nc1c(Cl)cnnc1N(N)Cc1ccccc1F. The van der Waals surface area contributed by atoms with Crippen LogP contribution in [0, 0.1) is 5.82 Å². The van der Waals surface area contributed by atoms with E-state index in [9.17, 15) is 4.39 Å². The summed E-state index contributed by atoms with van der Waals surface area (Å²) in [4.78, 5) is 0. The zero-order valence-electron chi connectivity index (χ0n) is 9.35. The van der Waals surface area contributed by atoms with Gasteiger partial charge in [0.1, 0.15) is 5.82 Å². The molecule has 1 aromatic heterocycles. The van der Waals surface area contributed by atoms with E-state index in [0.717, 1.165) is 0 Å². The first-order chi connectivity index (χ1) is 8.59. The molecular formula is C11H11ClFN5. The number of halogens is 2. The number of hydrazine groups is 1. The van der Waals surface area contributed by atoms with Gasteiger partial charge >= 0.3 is 0 Å². The number of aromatic nitrogens is 2. The summed E-state index contributed by atoms with van der Waals surface area (Å²) in [6, 6.07) is 6.31. The number of hydrogen-bond donors (Lipinski definition) is 2. The Balaban J connectivity index is 2.25. The van der Waals surface area contributed by atoms with Gasteiger partial charge in [-0.3, -0.25) is 5.01 Å². The first kappa shape index (κ1) is 12.5. The Bertz CT molecular complexity index is 563. The molecule has 0 radical (unpaired) electrons. The topological polar surface area (TPSA) is 81.1 Å². The van der Waals surface area contributed by atoms with E-state index in [1.807, 2.05) is 0 Å². The second-order valence-electron chi connectivity index (χ2n) is 3.65. The highest BCUT2D eigenvalue weighted by molar-refractivity contribution is 6.33. The van der Waals surface area contributed by atoms with Gasteiger partial charge in [0.25, 0.3) is 0 Å². The van der Waals surface area contributed by atoms with E-state index in [1.165, 1.54) is 17.3 Å². The second kappa shape index (κ2) is 5.16. The minimum atomic E-state index is -0.346. The van der Waals surface area contributed by atoms with Gasteiger partial charge in [-0.15, -0.1) is 5.10 Å². The van der Waals surface area contributed by atoms with E-state index in [4.69, 9.17) is 23.2 Å². The predicted molar refractivity (Wildman–Crippen MR) is 68.2 cm³/mol. The summed E-state index contributed by atoms with van der Waals surface area (Å²) in [5.41, 5.74) is 6.37. The van der Waals surface area contributed by atoms with Crippen LogP contribution >= 0.6 is 11.6 Å². The molecule has 2 rings (SSSR count). The van der Waals surface area contributed by atoms with Crippen molar-refractivity contribution in [1.82, 2.24) is 10.2 Å². The van der Waals surface area contributed by atoms with Gasteiger partial charge in [-0.1, -0.05) is 29.8 Å². The highest BCUT2D eigenvalue weighted by Crippen LogP contribution is 2.26. The van der Waals surface area contributed by atoms with Crippen LogP contribution in [0.15, 0.2) is 30.5 Å². The van der Waals surface area contributed by atoms with E-state index < -0.39 is 0 Å². The van der Waals surface area contributed by atoms with Crippen molar-refractivity contribution in [2.45, 2.75) is 6.54 Å². The number of rotatable bonds is 3. The largest absolute Gasteiger partial charge is 0.394 e. The molecule has 0 unspecified atom stereocenters. The number of nitrogens with zero attached hydrogens (tertiary/aromatic N) is 3. The molecule has 94 valence electrons. The van der Waals surface area contributed by atoms with Crippen LogP contribution in [0.1, 0.15) is 5.56 Å². The lowest BCUT2D eigenvalue weighted by Crippen LogP contribution is -2.32. The van der Waals surface area contributed by atoms with Crippen molar-refractivity contribution in [2.24, 2.45) is 5.84 Å². The molecule has 5 nitrogen and oxygen atoms in total. The van der Waals surface area contributed by atoms with Crippen LogP contribution in [0.5, 0.6) is 0 Å². The Morgan fingerprint density at radius 2 is 2.06 bits per heavy atom. The Hall–Kier alpha value is -1.92. The van der Waals surface area contributed by atoms with Gasteiger partial charge in [0.2, 0.25) is 0 Å². The molecule has 1 aromatic carbocycles. The van der Waals surface area contributed by atoms with Gasteiger partial charge in [-0.2, -0.15) is 5.10 Å². The van der Waals surface area contributed by atoms with Gasteiger partial charge in [0.05, 0.1) is 23.5 Å². The second-order valence-corrected chi connectivity index (χ2v) is 4.06. The first-order valence-electron chi connectivity index (χ1n) is 5.12. The molecule has 7 heteroatoms. The highest BCUT2D eigenvalue weighted by atomic mass is 35.5. The molecular weight excluding hydrogens is 257 g/mol. The standard InChI is InChI=1S/C11H11ClFN5/c12-8-5-16-17-11(10(8)14)18(15)6-7-3-1-2-4-9(7)13/h1-5H,6,15H2,(H2,14,16). The normalized spacial score (nSPS) is 10.4. The maximum Gasteiger partial charge on any atom is 0.190 e. The van der Waals surface area contributed by atoms with Crippen molar-refractivity contribution < 1.29 is 4.39 Å².